The maximum Gasteiger partial charge on any atom is 0.0453 e. The van der Waals surface area contributed by atoms with Crippen LogP contribution < -0.4 is 5.73 Å². The zero-order valence-electron chi connectivity index (χ0n) is 11.3. The van der Waals surface area contributed by atoms with Gasteiger partial charge in [-0.1, -0.05) is 29.3 Å². The van der Waals surface area contributed by atoms with E-state index in [1.54, 1.807) is 6.07 Å². The molecule has 1 aliphatic rings. The molecule has 0 fully saturated rings. The molecule has 2 aromatic rings. The minimum Gasteiger partial charge on any atom is -0.351 e. The molecular weight excluding hydrogens is 291 g/mol. The van der Waals surface area contributed by atoms with Gasteiger partial charge in [0.2, 0.25) is 0 Å². The summed E-state index contributed by atoms with van der Waals surface area (Å²) in [5, 5.41) is 1.43. The van der Waals surface area contributed by atoms with Gasteiger partial charge in [-0.25, -0.2) is 0 Å². The van der Waals surface area contributed by atoms with E-state index in [0.29, 0.717) is 5.02 Å². The van der Waals surface area contributed by atoms with E-state index in [0.717, 1.165) is 36.4 Å². The van der Waals surface area contributed by atoms with Crippen molar-refractivity contribution >= 4 is 23.2 Å². The number of nitrogens with zero attached hydrogens (tertiary/aromatic N) is 1. The van der Waals surface area contributed by atoms with E-state index in [1.807, 2.05) is 12.1 Å². The first-order chi connectivity index (χ1) is 9.65. The summed E-state index contributed by atoms with van der Waals surface area (Å²) in [6.07, 6.45) is 6.47. The third-order valence-corrected chi connectivity index (χ3v) is 4.67. The smallest absolute Gasteiger partial charge is 0.0453 e. The van der Waals surface area contributed by atoms with Crippen molar-refractivity contribution in [3.8, 4) is 0 Å². The van der Waals surface area contributed by atoms with Crippen LogP contribution in [0, 0.1) is 0 Å². The van der Waals surface area contributed by atoms with E-state index in [2.05, 4.69) is 16.8 Å². The highest BCUT2D eigenvalue weighted by molar-refractivity contribution is 6.35. The molecule has 0 saturated heterocycles. The Kier molecular flexibility index (Phi) is 4.06. The standard InChI is InChI=1S/C16H18Cl2N2/c17-12-5-4-11(14(18)10-12)6-8-20-9-7-13-15(19)2-1-3-16(13)20/h4-5,7,9-10,15H,1-3,6,8,19H2. The zero-order valence-corrected chi connectivity index (χ0v) is 12.8. The first-order valence-electron chi connectivity index (χ1n) is 7.02. The topological polar surface area (TPSA) is 30.9 Å². The molecule has 0 spiro atoms. The van der Waals surface area contributed by atoms with Crippen LogP contribution in [0.25, 0.3) is 0 Å². The van der Waals surface area contributed by atoms with Gasteiger partial charge in [0.15, 0.2) is 0 Å². The number of benzene rings is 1. The number of halogens is 2. The molecule has 1 heterocycles. The maximum atomic E-state index is 6.22. The molecule has 106 valence electrons. The molecule has 0 aliphatic heterocycles. The Hall–Kier alpha value is -0.960. The Morgan fingerprint density at radius 1 is 1.25 bits per heavy atom. The predicted octanol–water partition coefficient (Wildman–Crippen LogP) is 4.37. The average molecular weight is 309 g/mol. The minimum absolute atomic E-state index is 0.208. The monoisotopic (exact) mass is 308 g/mol. The van der Waals surface area contributed by atoms with Crippen LogP contribution in [0.4, 0.5) is 0 Å². The van der Waals surface area contributed by atoms with Crippen LogP contribution >= 0.6 is 23.2 Å². The molecule has 1 unspecified atom stereocenters. The third-order valence-electron chi connectivity index (χ3n) is 4.08. The van der Waals surface area contributed by atoms with E-state index >= 15 is 0 Å². The van der Waals surface area contributed by atoms with Crippen molar-refractivity contribution in [3.05, 3.63) is 57.3 Å². The molecule has 1 aliphatic carbocycles. The summed E-state index contributed by atoms with van der Waals surface area (Å²) in [4.78, 5) is 0. The molecular formula is C16H18Cl2N2. The van der Waals surface area contributed by atoms with E-state index in [9.17, 15) is 0 Å². The van der Waals surface area contributed by atoms with Gasteiger partial charge in [0.05, 0.1) is 0 Å². The lowest BCUT2D eigenvalue weighted by Gasteiger charge is -2.21. The fourth-order valence-electron chi connectivity index (χ4n) is 2.97. The molecule has 2 N–H and O–H groups in total. The third kappa shape index (κ3) is 2.73. The Balaban J connectivity index is 1.76. The number of rotatable bonds is 3. The molecule has 20 heavy (non-hydrogen) atoms. The molecule has 3 rings (SSSR count). The summed E-state index contributed by atoms with van der Waals surface area (Å²) in [5.74, 6) is 0. The lowest BCUT2D eigenvalue weighted by Crippen LogP contribution is -2.18. The Morgan fingerprint density at radius 3 is 2.90 bits per heavy atom. The van der Waals surface area contributed by atoms with Gasteiger partial charge in [0, 0.05) is 34.5 Å². The molecule has 1 aromatic heterocycles. The van der Waals surface area contributed by atoms with Gasteiger partial charge in [-0.05, 0) is 55.0 Å². The molecule has 4 heteroatoms. The Morgan fingerprint density at radius 2 is 2.10 bits per heavy atom. The van der Waals surface area contributed by atoms with E-state index in [4.69, 9.17) is 28.9 Å². The summed E-state index contributed by atoms with van der Waals surface area (Å²) in [5.41, 5.74) is 10.0. The highest BCUT2D eigenvalue weighted by Crippen LogP contribution is 2.29. The van der Waals surface area contributed by atoms with Crippen LogP contribution in [-0.2, 0) is 19.4 Å². The summed E-state index contributed by atoms with van der Waals surface area (Å²) < 4.78 is 2.32. The van der Waals surface area contributed by atoms with Gasteiger partial charge < -0.3 is 10.3 Å². The van der Waals surface area contributed by atoms with E-state index in [-0.39, 0.29) is 6.04 Å². The number of aromatic nitrogens is 1. The van der Waals surface area contributed by atoms with Gasteiger partial charge >= 0.3 is 0 Å². The van der Waals surface area contributed by atoms with Crippen LogP contribution in [-0.4, -0.2) is 4.57 Å². The second-order valence-corrected chi connectivity index (χ2v) is 6.24. The zero-order chi connectivity index (χ0) is 14.1. The van der Waals surface area contributed by atoms with Crippen LogP contribution in [0.1, 0.15) is 35.7 Å². The average Bonchev–Trinajstić information content (AvgIpc) is 2.83. The van der Waals surface area contributed by atoms with Crippen molar-refractivity contribution in [1.29, 1.82) is 0 Å². The molecule has 1 atom stereocenters. The van der Waals surface area contributed by atoms with Crippen molar-refractivity contribution in [3.63, 3.8) is 0 Å². The van der Waals surface area contributed by atoms with Crippen molar-refractivity contribution in [2.24, 2.45) is 5.73 Å². The van der Waals surface area contributed by atoms with Crippen LogP contribution in [0.3, 0.4) is 0 Å². The molecule has 0 amide bonds. The lowest BCUT2D eigenvalue weighted by molar-refractivity contribution is 0.539. The fourth-order valence-corrected chi connectivity index (χ4v) is 3.47. The summed E-state index contributed by atoms with van der Waals surface area (Å²) in [7, 11) is 0. The van der Waals surface area contributed by atoms with Crippen LogP contribution in [0.5, 0.6) is 0 Å². The van der Waals surface area contributed by atoms with Crippen molar-refractivity contribution in [2.75, 3.05) is 0 Å². The highest BCUT2D eigenvalue weighted by Gasteiger charge is 2.19. The fraction of sp³-hybridized carbons (Fsp3) is 0.375. The number of fused-ring (bicyclic) bond motifs is 1. The quantitative estimate of drug-likeness (QED) is 0.896. The van der Waals surface area contributed by atoms with Crippen molar-refractivity contribution < 1.29 is 0 Å². The van der Waals surface area contributed by atoms with E-state index < -0.39 is 0 Å². The van der Waals surface area contributed by atoms with Gasteiger partial charge in [0.1, 0.15) is 0 Å². The van der Waals surface area contributed by atoms with Crippen LogP contribution in [0.15, 0.2) is 30.5 Å². The molecule has 0 saturated carbocycles. The molecule has 0 bridgehead atoms. The molecule has 0 radical (unpaired) electrons. The normalized spacial score (nSPS) is 18.1. The first kappa shape index (κ1) is 14.0. The molecule has 2 nitrogen and oxygen atoms in total. The summed E-state index contributed by atoms with van der Waals surface area (Å²) in [6, 6.07) is 8.08. The minimum atomic E-state index is 0.208. The van der Waals surface area contributed by atoms with Crippen LogP contribution in [0.2, 0.25) is 10.0 Å². The summed E-state index contributed by atoms with van der Waals surface area (Å²) in [6.45, 7) is 0.934. The summed E-state index contributed by atoms with van der Waals surface area (Å²) >= 11 is 12.1. The van der Waals surface area contributed by atoms with Gasteiger partial charge in [-0.3, -0.25) is 0 Å². The SMILES string of the molecule is NC1CCCc2c1ccn2CCc1ccc(Cl)cc1Cl. The second kappa shape index (κ2) is 5.80. The van der Waals surface area contributed by atoms with E-state index in [1.165, 1.54) is 17.7 Å². The highest BCUT2D eigenvalue weighted by atomic mass is 35.5. The Bertz CT molecular complexity index is 619. The number of hydrogen-bond acceptors (Lipinski definition) is 1. The maximum absolute atomic E-state index is 6.22. The first-order valence-corrected chi connectivity index (χ1v) is 7.78. The van der Waals surface area contributed by atoms with Gasteiger partial charge in [-0.2, -0.15) is 0 Å². The number of nitrogens with two attached hydrogens (primary N) is 1. The largest absolute Gasteiger partial charge is 0.351 e. The van der Waals surface area contributed by atoms with Gasteiger partial charge in [-0.15, -0.1) is 0 Å². The number of aryl methyl sites for hydroxylation is 2. The second-order valence-electron chi connectivity index (χ2n) is 5.40. The number of hydrogen-bond donors (Lipinski definition) is 1. The molecule has 1 aromatic carbocycles. The van der Waals surface area contributed by atoms with Gasteiger partial charge in [0.25, 0.3) is 0 Å². The Labute approximate surface area is 129 Å². The lowest BCUT2D eigenvalue weighted by atomic mass is 9.93. The van der Waals surface area contributed by atoms with Crippen molar-refractivity contribution in [2.45, 2.75) is 38.3 Å². The van der Waals surface area contributed by atoms with Crippen molar-refractivity contribution in [1.82, 2.24) is 4.57 Å². The predicted molar refractivity (Wildman–Crippen MR) is 84.5 cm³/mol.